The second kappa shape index (κ2) is 8.12. The van der Waals surface area contributed by atoms with Gasteiger partial charge in [-0.3, -0.25) is 9.79 Å². The summed E-state index contributed by atoms with van der Waals surface area (Å²) in [5.41, 5.74) is 1.40. The van der Waals surface area contributed by atoms with Crippen molar-refractivity contribution in [3.63, 3.8) is 0 Å². The average Bonchev–Trinajstić information content (AvgIpc) is 3.20. The van der Waals surface area contributed by atoms with Crippen LogP contribution in [0.15, 0.2) is 34.6 Å². The van der Waals surface area contributed by atoms with Crippen LogP contribution in [-0.2, 0) is 11.3 Å². The van der Waals surface area contributed by atoms with Crippen LogP contribution in [0.25, 0.3) is 10.1 Å². The molecule has 4 rings (SSSR count). The minimum absolute atomic E-state index is 0. The molecule has 1 unspecified atom stereocenters. The van der Waals surface area contributed by atoms with Crippen LogP contribution in [0, 0.1) is 5.41 Å². The van der Waals surface area contributed by atoms with E-state index in [9.17, 15) is 4.79 Å². The number of hydrogen-bond acceptors (Lipinski definition) is 3. The van der Waals surface area contributed by atoms with Crippen LogP contribution in [0.5, 0.6) is 0 Å². The zero-order chi connectivity index (χ0) is 17.3. The molecule has 0 bridgehead atoms. The first-order valence-corrected chi connectivity index (χ1v) is 9.74. The van der Waals surface area contributed by atoms with Crippen molar-refractivity contribution in [2.75, 3.05) is 26.7 Å². The van der Waals surface area contributed by atoms with Crippen molar-refractivity contribution < 1.29 is 4.79 Å². The molecular weight excluding hydrogens is 459 g/mol. The highest BCUT2D eigenvalue weighted by Crippen LogP contribution is 2.36. The number of nitrogens with zero attached hydrogens (tertiary/aromatic N) is 2. The molecule has 0 saturated carbocycles. The Morgan fingerprint density at radius 1 is 1.42 bits per heavy atom. The lowest BCUT2D eigenvalue weighted by atomic mass is 9.79. The number of nitrogens with one attached hydrogen (secondary N) is 2. The molecule has 140 valence electrons. The number of halogens is 1. The van der Waals surface area contributed by atoms with Crippen LogP contribution < -0.4 is 10.6 Å². The number of fused-ring (bicyclic) bond motifs is 1. The molecule has 2 N–H and O–H groups in total. The van der Waals surface area contributed by atoms with E-state index in [1.807, 2.05) is 7.05 Å². The maximum Gasteiger partial charge on any atom is 0.220 e. The van der Waals surface area contributed by atoms with Crippen LogP contribution in [-0.4, -0.2) is 43.4 Å². The SMILES string of the molecule is CN=C(NCc1csc2ccccc12)N1CCCC2(CNC(=O)C2)C1.I. The van der Waals surface area contributed by atoms with Gasteiger partial charge in [0.25, 0.3) is 0 Å². The second-order valence-electron chi connectivity index (χ2n) is 7.14. The van der Waals surface area contributed by atoms with E-state index in [1.165, 1.54) is 15.6 Å². The summed E-state index contributed by atoms with van der Waals surface area (Å²) >= 11 is 1.79. The number of hydrogen-bond donors (Lipinski definition) is 2. The highest BCUT2D eigenvalue weighted by atomic mass is 127. The van der Waals surface area contributed by atoms with Gasteiger partial charge in [0.15, 0.2) is 5.96 Å². The number of likely N-dealkylation sites (tertiary alicyclic amines) is 1. The Bertz CT molecular complexity index is 821. The molecule has 0 aliphatic carbocycles. The van der Waals surface area contributed by atoms with Crippen LogP contribution in [0.2, 0.25) is 0 Å². The minimum Gasteiger partial charge on any atom is -0.355 e. The van der Waals surface area contributed by atoms with E-state index in [1.54, 1.807) is 11.3 Å². The van der Waals surface area contributed by atoms with Gasteiger partial charge in [0.1, 0.15) is 0 Å². The summed E-state index contributed by atoms with van der Waals surface area (Å²) in [6, 6.07) is 8.51. The first kappa shape index (κ1) is 19.4. The van der Waals surface area contributed by atoms with Crippen molar-refractivity contribution >= 4 is 57.3 Å². The summed E-state index contributed by atoms with van der Waals surface area (Å²) < 4.78 is 1.32. The van der Waals surface area contributed by atoms with Gasteiger partial charge >= 0.3 is 0 Å². The summed E-state index contributed by atoms with van der Waals surface area (Å²) in [5, 5.41) is 10.1. The number of carbonyl (C=O) groups excluding carboxylic acids is 1. The maximum atomic E-state index is 11.7. The Balaban J connectivity index is 0.00000196. The number of guanidine groups is 1. The molecule has 2 aliphatic heterocycles. The average molecular weight is 484 g/mol. The molecule has 26 heavy (non-hydrogen) atoms. The van der Waals surface area contributed by atoms with E-state index in [-0.39, 0.29) is 35.3 Å². The van der Waals surface area contributed by atoms with Crippen LogP contribution >= 0.6 is 35.3 Å². The standard InChI is InChI=1S/C19H24N4OS.HI/c1-20-18(21-10-14-11-25-16-6-3-2-5-15(14)16)23-8-4-7-19(13-23)9-17(24)22-12-19;/h2-3,5-6,11H,4,7-10,12-13H2,1H3,(H,20,21)(H,22,24);1H. The summed E-state index contributed by atoms with van der Waals surface area (Å²) in [5.74, 6) is 1.13. The number of piperidine rings is 1. The largest absolute Gasteiger partial charge is 0.355 e. The molecule has 1 aromatic carbocycles. The van der Waals surface area contributed by atoms with Crippen LogP contribution in [0.4, 0.5) is 0 Å². The van der Waals surface area contributed by atoms with Crippen molar-refractivity contribution in [1.82, 2.24) is 15.5 Å². The van der Waals surface area contributed by atoms with Gasteiger partial charge < -0.3 is 15.5 Å². The molecule has 5 nitrogen and oxygen atoms in total. The number of carbonyl (C=O) groups is 1. The van der Waals surface area contributed by atoms with Crippen molar-refractivity contribution in [1.29, 1.82) is 0 Å². The fourth-order valence-electron chi connectivity index (χ4n) is 4.11. The molecule has 1 amide bonds. The van der Waals surface area contributed by atoms with Gasteiger partial charge in [-0.05, 0) is 35.2 Å². The smallest absolute Gasteiger partial charge is 0.220 e. The zero-order valence-corrected chi connectivity index (χ0v) is 18.1. The molecule has 1 aromatic heterocycles. The van der Waals surface area contributed by atoms with E-state index < -0.39 is 0 Å². The Labute approximate surface area is 175 Å². The lowest BCUT2D eigenvalue weighted by Gasteiger charge is -2.40. The molecule has 1 atom stereocenters. The summed E-state index contributed by atoms with van der Waals surface area (Å²) in [7, 11) is 1.84. The van der Waals surface area contributed by atoms with Gasteiger partial charge in [-0.15, -0.1) is 35.3 Å². The van der Waals surface area contributed by atoms with Crippen molar-refractivity contribution in [3.05, 3.63) is 35.2 Å². The summed E-state index contributed by atoms with van der Waals surface area (Å²) in [6.07, 6.45) is 2.88. The Morgan fingerprint density at radius 3 is 3.04 bits per heavy atom. The molecule has 0 radical (unpaired) electrons. The van der Waals surface area contributed by atoms with E-state index >= 15 is 0 Å². The van der Waals surface area contributed by atoms with E-state index in [2.05, 4.69) is 50.2 Å². The first-order valence-electron chi connectivity index (χ1n) is 8.87. The van der Waals surface area contributed by atoms with Crippen molar-refractivity contribution in [2.24, 2.45) is 10.4 Å². The maximum absolute atomic E-state index is 11.7. The Hall–Kier alpha value is -1.35. The third-order valence-electron chi connectivity index (χ3n) is 5.37. The predicted molar refractivity (Wildman–Crippen MR) is 118 cm³/mol. The molecule has 1 spiro atoms. The zero-order valence-electron chi connectivity index (χ0n) is 15.0. The van der Waals surface area contributed by atoms with E-state index in [0.717, 1.165) is 45.0 Å². The predicted octanol–water partition coefficient (Wildman–Crippen LogP) is 3.20. The Kier molecular flexibility index (Phi) is 6.06. The highest BCUT2D eigenvalue weighted by molar-refractivity contribution is 14.0. The fraction of sp³-hybridized carbons (Fsp3) is 0.474. The van der Waals surface area contributed by atoms with E-state index in [4.69, 9.17) is 0 Å². The number of benzene rings is 1. The van der Waals surface area contributed by atoms with Gasteiger partial charge in [0.05, 0.1) is 0 Å². The topological polar surface area (TPSA) is 56.7 Å². The Morgan fingerprint density at radius 2 is 2.27 bits per heavy atom. The molecule has 2 saturated heterocycles. The third kappa shape index (κ3) is 3.83. The number of amides is 1. The van der Waals surface area contributed by atoms with Gasteiger partial charge in [-0.25, -0.2) is 0 Å². The number of thiophene rings is 1. The third-order valence-corrected chi connectivity index (χ3v) is 6.38. The van der Waals surface area contributed by atoms with E-state index in [0.29, 0.717) is 6.42 Å². The lowest BCUT2D eigenvalue weighted by molar-refractivity contribution is -0.119. The van der Waals surface area contributed by atoms with Gasteiger partial charge in [0, 0.05) is 49.8 Å². The van der Waals surface area contributed by atoms with Gasteiger partial charge in [-0.2, -0.15) is 0 Å². The molecule has 2 aromatic rings. The highest BCUT2D eigenvalue weighted by Gasteiger charge is 2.42. The van der Waals surface area contributed by atoms with Crippen LogP contribution in [0.1, 0.15) is 24.8 Å². The summed E-state index contributed by atoms with van der Waals surface area (Å²) in [6.45, 7) is 3.47. The molecule has 3 heterocycles. The number of aliphatic imine (C=N–C) groups is 1. The molecular formula is C19H25IN4OS. The lowest BCUT2D eigenvalue weighted by Crippen LogP contribution is -2.51. The van der Waals surface area contributed by atoms with Crippen molar-refractivity contribution in [2.45, 2.75) is 25.8 Å². The number of rotatable bonds is 2. The fourth-order valence-corrected chi connectivity index (χ4v) is 5.07. The van der Waals surface area contributed by atoms with Gasteiger partial charge in [-0.1, -0.05) is 18.2 Å². The minimum atomic E-state index is 0. The van der Waals surface area contributed by atoms with Crippen molar-refractivity contribution in [3.8, 4) is 0 Å². The quantitative estimate of drug-likeness (QED) is 0.391. The normalized spacial score (nSPS) is 23.2. The summed E-state index contributed by atoms with van der Waals surface area (Å²) in [4.78, 5) is 18.5. The molecule has 2 fully saturated rings. The molecule has 7 heteroatoms. The molecule has 2 aliphatic rings. The second-order valence-corrected chi connectivity index (χ2v) is 8.05. The van der Waals surface area contributed by atoms with Crippen LogP contribution in [0.3, 0.4) is 0 Å². The monoisotopic (exact) mass is 484 g/mol. The van der Waals surface area contributed by atoms with Gasteiger partial charge in [0.2, 0.25) is 5.91 Å². The first-order chi connectivity index (χ1) is 12.2.